The molecule has 0 saturated carbocycles. The molecule has 0 unspecified atom stereocenters. The molecule has 0 spiro atoms. The van der Waals surface area contributed by atoms with E-state index in [-0.39, 0.29) is 0 Å². The molecule has 1 saturated heterocycles. The molecule has 6 aromatic rings. The fraction of sp³-hybridized carbons (Fsp3) is 0.158. The van der Waals surface area contributed by atoms with Crippen LogP contribution in [0.25, 0.3) is 33.3 Å². The van der Waals surface area contributed by atoms with Gasteiger partial charge in [-0.05, 0) is 115 Å². The van der Waals surface area contributed by atoms with E-state index in [1.807, 2.05) is 84.9 Å². The molecule has 6 heteroatoms. The monoisotopic (exact) mass is 579 g/mol. The zero-order chi connectivity index (χ0) is 29.6. The number of nitrogens with zero attached hydrogens (tertiary/aromatic N) is 2. The highest BCUT2D eigenvalue weighted by Gasteiger charge is 2.16. The zero-order valence-corrected chi connectivity index (χ0v) is 24.4. The van der Waals surface area contributed by atoms with Crippen molar-refractivity contribution in [1.29, 1.82) is 0 Å². The van der Waals surface area contributed by atoms with Crippen molar-refractivity contribution in [1.82, 2.24) is 15.3 Å². The molecule has 0 atom stereocenters. The Bertz CT molecular complexity index is 1820. The minimum absolute atomic E-state index is 0.539. The summed E-state index contributed by atoms with van der Waals surface area (Å²) < 4.78 is 18.2. The number of fused-ring (bicyclic) bond motifs is 1. The molecular weight excluding hydrogens is 546 g/mol. The lowest BCUT2D eigenvalue weighted by molar-refractivity contribution is 0.209. The molecule has 5 aromatic carbocycles. The summed E-state index contributed by atoms with van der Waals surface area (Å²) >= 11 is 0. The fourth-order valence-electron chi connectivity index (χ4n) is 5.50. The summed E-state index contributed by atoms with van der Waals surface area (Å²) in [5.74, 6) is 4.26. The van der Waals surface area contributed by atoms with Crippen molar-refractivity contribution in [2.75, 3.05) is 19.7 Å². The summed E-state index contributed by atoms with van der Waals surface area (Å²) in [5.41, 5.74) is 5.81. The number of benzene rings is 5. The van der Waals surface area contributed by atoms with Crippen LogP contribution in [0, 0.1) is 5.92 Å². The van der Waals surface area contributed by atoms with Gasteiger partial charge in [0.1, 0.15) is 23.0 Å². The largest absolute Gasteiger partial charge is 0.476 e. The molecule has 44 heavy (non-hydrogen) atoms. The van der Waals surface area contributed by atoms with E-state index in [1.54, 1.807) is 6.20 Å². The fourth-order valence-corrected chi connectivity index (χ4v) is 5.50. The second-order valence-corrected chi connectivity index (χ2v) is 11.0. The maximum Gasteiger partial charge on any atom is 0.232 e. The van der Waals surface area contributed by atoms with Crippen molar-refractivity contribution in [3.8, 4) is 51.1 Å². The van der Waals surface area contributed by atoms with Gasteiger partial charge in [-0.2, -0.15) is 0 Å². The van der Waals surface area contributed by atoms with Gasteiger partial charge in [0.15, 0.2) is 0 Å². The Hall–Kier alpha value is -5.20. The SMILES string of the molecule is c1ccc(Oc2ccc(-c3cc4ncc(OCC5CCNCC5)nc4cc3-c3ccc(Oc4ccccc4)cc3)cc2)cc1. The Morgan fingerprint density at radius 1 is 0.591 bits per heavy atom. The van der Waals surface area contributed by atoms with Crippen LogP contribution in [0.5, 0.6) is 28.9 Å². The number of hydrogen-bond donors (Lipinski definition) is 1. The summed E-state index contributed by atoms with van der Waals surface area (Å²) in [7, 11) is 0. The quantitative estimate of drug-likeness (QED) is 0.184. The molecule has 1 N–H and O–H groups in total. The van der Waals surface area contributed by atoms with Gasteiger partial charge in [-0.15, -0.1) is 0 Å². The highest BCUT2D eigenvalue weighted by atomic mass is 16.5. The van der Waals surface area contributed by atoms with Crippen LogP contribution in [0.3, 0.4) is 0 Å². The van der Waals surface area contributed by atoms with Gasteiger partial charge in [0.2, 0.25) is 5.88 Å². The highest BCUT2D eigenvalue weighted by molar-refractivity contribution is 5.93. The van der Waals surface area contributed by atoms with Gasteiger partial charge >= 0.3 is 0 Å². The van der Waals surface area contributed by atoms with Crippen LogP contribution in [0.15, 0.2) is 128 Å². The molecule has 218 valence electrons. The second-order valence-electron chi connectivity index (χ2n) is 11.0. The predicted molar refractivity (Wildman–Crippen MR) is 175 cm³/mol. The molecule has 2 heterocycles. The summed E-state index contributed by atoms with van der Waals surface area (Å²) in [5, 5.41) is 3.41. The lowest BCUT2D eigenvalue weighted by Gasteiger charge is -2.22. The van der Waals surface area contributed by atoms with Crippen LogP contribution >= 0.6 is 0 Å². The Labute approximate surface area is 257 Å². The Kier molecular flexibility index (Phi) is 8.15. The molecule has 1 aliphatic heterocycles. The van der Waals surface area contributed by atoms with E-state index in [0.717, 1.165) is 82.2 Å². The van der Waals surface area contributed by atoms with Crippen molar-refractivity contribution < 1.29 is 14.2 Å². The summed E-state index contributed by atoms with van der Waals surface area (Å²) in [6.07, 6.45) is 3.97. The number of aromatic nitrogens is 2. The number of rotatable bonds is 9. The van der Waals surface area contributed by atoms with E-state index in [4.69, 9.17) is 24.2 Å². The van der Waals surface area contributed by atoms with Crippen LogP contribution in [-0.2, 0) is 0 Å². The second kappa shape index (κ2) is 13.0. The minimum atomic E-state index is 0.539. The molecule has 6 nitrogen and oxygen atoms in total. The number of hydrogen-bond acceptors (Lipinski definition) is 6. The smallest absolute Gasteiger partial charge is 0.232 e. The van der Waals surface area contributed by atoms with Gasteiger partial charge in [-0.3, -0.25) is 0 Å². The zero-order valence-electron chi connectivity index (χ0n) is 24.4. The molecule has 1 aliphatic rings. The van der Waals surface area contributed by atoms with Crippen LogP contribution in [0.1, 0.15) is 12.8 Å². The summed E-state index contributed by atoms with van der Waals surface area (Å²) in [6, 6.07) is 40.1. The average Bonchev–Trinajstić information content (AvgIpc) is 3.09. The Morgan fingerprint density at radius 3 is 1.64 bits per heavy atom. The number of piperidine rings is 1. The minimum Gasteiger partial charge on any atom is -0.476 e. The van der Waals surface area contributed by atoms with Gasteiger partial charge in [-0.25, -0.2) is 9.97 Å². The maximum atomic E-state index is 6.12. The third-order valence-electron chi connectivity index (χ3n) is 7.87. The lowest BCUT2D eigenvalue weighted by Crippen LogP contribution is -2.30. The number of nitrogens with one attached hydrogen (secondary N) is 1. The first-order valence-electron chi connectivity index (χ1n) is 15.1. The maximum absolute atomic E-state index is 6.12. The van der Waals surface area contributed by atoms with E-state index in [9.17, 15) is 0 Å². The first kappa shape index (κ1) is 27.6. The van der Waals surface area contributed by atoms with Gasteiger partial charge in [-0.1, -0.05) is 60.7 Å². The van der Waals surface area contributed by atoms with E-state index in [1.165, 1.54) is 0 Å². The molecule has 0 bridgehead atoms. The lowest BCUT2D eigenvalue weighted by atomic mass is 9.93. The Morgan fingerprint density at radius 2 is 1.09 bits per heavy atom. The molecule has 1 aromatic heterocycles. The van der Waals surface area contributed by atoms with Crippen molar-refractivity contribution in [2.24, 2.45) is 5.92 Å². The van der Waals surface area contributed by atoms with Crippen molar-refractivity contribution >= 4 is 11.0 Å². The van der Waals surface area contributed by atoms with Gasteiger partial charge in [0, 0.05) is 0 Å². The normalized spacial score (nSPS) is 13.5. The third kappa shape index (κ3) is 6.56. The Balaban J connectivity index is 1.21. The summed E-state index contributed by atoms with van der Waals surface area (Å²) in [6.45, 7) is 2.74. The van der Waals surface area contributed by atoms with E-state index >= 15 is 0 Å². The predicted octanol–water partition coefficient (Wildman–Crippen LogP) is 8.93. The molecule has 0 aliphatic carbocycles. The van der Waals surface area contributed by atoms with Crippen LogP contribution in [0.4, 0.5) is 0 Å². The standard InChI is InChI=1S/C38H33N3O3/c1-3-7-30(8-4-1)43-32-15-11-28(12-16-32)34-23-36-37(41-38(25-40-36)42-26-27-19-21-39-22-20-27)24-35(34)29-13-17-33(18-14-29)44-31-9-5-2-6-10-31/h1-18,23-25,27,39H,19-22,26H2. The van der Waals surface area contributed by atoms with Crippen molar-refractivity contribution in [3.05, 3.63) is 128 Å². The van der Waals surface area contributed by atoms with Gasteiger partial charge in [0.05, 0.1) is 23.8 Å². The average molecular weight is 580 g/mol. The highest BCUT2D eigenvalue weighted by Crippen LogP contribution is 2.37. The van der Waals surface area contributed by atoms with Gasteiger partial charge < -0.3 is 19.5 Å². The third-order valence-corrected chi connectivity index (χ3v) is 7.87. The van der Waals surface area contributed by atoms with E-state index in [2.05, 4.69) is 41.7 Å². The molecular formula is C38H33N3O3. The topological polar surface area (TPSA) is 65.5 Å². The van der Waals surface area contributed by atoms with E-state index in [0.29, 0.717) is 18.4 Å². The molecule has 1 fully saturated rings. The molecule has 0 amide bonds. The number of ether oxygens (including phenoxy) is 3. The molecule has 0 radical (unpaired) electrons. The van der Waals surface area contributed by atoms with Crippen LogP contribution in [-0.4, -0.2) is 29.7 Å². The van der Waals surface area contributed by atoms with E-state index < -0.39 is 0 Å². The molecule has 7 rings (SSSR count). The summed E-state index contributed by atoms with van der Waals surface area (Å²) in [4.78, 5) is 9.63. The first-order valence-corrected chi connectivity index (χ1v) is 15.1. The van der Waals surface area contributed by atoms with Crippen molar-refractivity contribution in [3.63, 3.8) is 0 Å². The van der Waals surface area contributed by atoms with Crippen LogP contribution in [0.2, 0.25) is 0 Å². The number of para-hydroxylation sites is 2. The first-order chi connectivity index (χ1) is 21.8. The van der Waals surface area contributed by atoms with Crippen LogP contribution < -0.4 is 19.5 Å². The van der Waals surface area contributed by atoms with Crippen molar-refractivity contribution in [2.45, 2.75) is 12.8 Å². The van der Waals surface area contributed by atoms with Gasteiger partial charge in [0.25, 0.3) is 0 Å².